The molecule has 4 nitrogen and oxygen atoms in total. The number of carbonyl (C=O) groups is 1. The van der Waals surface area contributed by atoms with Crippen LogP contribution in [0.25, 0.3) is 0 Å². The summed E-state index contributed by atoms with van der Waals surface area (Å²) in [5.74, 6) is 0.116. The van der Waals surface area contributed by atoms with E-state index in [1.165, 1.54) is 12.1 Å². The molecule has 1 fully saturated rings. The molecule has 3 N–H and O–H groups in total. The summed E-state index contributed by atoms with van der Waals surface area (Å²) >= 11 is 0. The second-order valence-corrected chi connectivity index (χ2v) is 4.04. The van der Waals surface area contributed by atoms with Crippen molar-refractivity contribution in [3.05, 3.63) is 29.8 Å². The van der Waals surface area contributed by atoms with Gasteiger partial charge in [0.05, 0.1) is 0 Å². The predicted octanol–water partition coefficient (Wildman–Crippen LogP) is 1.30. The van der Waals surface area contributed by atoms with Crippen molar-refractivity contribution in [1.82, 2.24) is 10.6 Å². The summed E-state index contributed by atoms with van der Waals surface area (Å²) < 4.78 is 0. The molecule has 0 saturated carbocycles. The van der Waals surface area contributed by atoms with Crippen molar-refractivity contribution in [3.63, 3.8) is 0 Å². The summed E-state index contributed by atoms with van der Waals surface area (Å²) in [6, 6.07) is 6.58. The molecule has 0 spiro atoms. The lowest BCUT2D eigenvalue weighted by molar-refractivity contribution is 0.0929. The maximum absolute atomic E-state index is 11.8. The van der Waals surface area contributed by atoms with Crippen molar-refractivity contribution < 1.29 is 9.90 Å². The lowest BCUT2D eigenvalue weighted by Crippen LogP contribution is -2.42. The fraction of sp³-hybridized carbons (Fsp3) is 0.417. The molecule has 5 heteroatoms. The molecule has 0 unspecified atom stereocenters. The molecule has 94 valence electrons. The summed E-state index contributed by atoms with van der Waals surface area (Å²) in [5.41, 5.74) is 0.594. The minimum atomic E-state index is -0.0631. The average Bonchev–Trinajstić information content (AvgIpc) is 2.31. The minimum absolute atomic E-state index is 0. The topological polar surface area (TPSA) is 61.4 Å². The number of phenols is 1. The number of halogens is 1. The summed E-state index contributed by atoms with van der Waals surface area (Å²) in [6.07, 6.45) is 1.95. The third-order valence-electron chi connectivity index (χ3n) is 2.80. The van der Waals surface area contributed by atoms with Crippen LogP contribution in [-0.4, -0.2) is 30.1 Å². The van der Waals surface area contributed by atoms with Crippen LogP contribution in [0.15, 0.2) is 24.3 Å². The molecule has 0 bridgehead atoms. The van der Waals surface area contributed by atoms with Crippen molar-refractivity contribution in [2.75, 3.05) is 13.1 Å². The zero-order chi connectivity index (χ0) is 11.4. The Bertz CT molecular complexity index is 361. The van der Waals surface area contributed by atoms with Gasteiger partial charge in [-0.05, 0) is 50.2 Å². The Kier molecular flexibility index (Phi) is 5.25. The van der Waals surface area contributed by atoms with Crippen LogP contribution in [0.1, 0.15) is 23.2 Å². The predicted molar refractivity (Wildman–Crippen MR) is 68.7 cm³/mol. The Morgan fingerprint density at radius 1 is 1.24 bits per heavy atom. The fourth-order valence-corrected chi connectivity index (χ4v) is 1.85. The highest BCUT2D eigenvalue weighted by molar-refractivity contribution is 5.94. The summed E-state index contributed by atoms with van der Waals surface area (Å²) in [6.45, 7) is 1.92. The molecular weight excluding hydrogens is 240 g/mol. The normalized spacial score (nSPS) is 16.0. The van der Waals surface area contributed by atoms with Gasteiger partial charge in [-0.2, -0.15) is 0 Å². The van der Waals surface area contributed by atoms with Crippen molar-refractivity contribution in [2.45, 2.75) is 18.9 Å². The minimum Gasteiger partial charge on any atom is -0.508 e. The van der Waals surface area contributed by atoms with Crippen LogP contribution in [0.4, 0.5) is 0 Å². The van der Waals surface area contributed by atoms with E-state index in [2.05, 4.69) is 10.6 Å². The number of piperidine rings is 1. The highest BCUT2D eigenvalue weighted by Crippen LogP contribution is 2.10. The summed E-state index contributed by atoms with van der Waals surface area (Å²) in [5, 5.41) is 15.4. The van der Waals surface area contributed by atoms with E-state index < -0.39 is 0 Å². The molecule has 0 radical (unpaired) electrons. The lowest BCUT2D eigenvalue weighted by atomic mass is 10.1. The smallest absolute Gasteiger partial charge is 0.251 e. The van der Waals surface area contributed by atoms with Crippen molar-refractivity contribution in [3.8, 4) is 5.75 Å². The lowest BCUT2D eigenvalue weighted by Gasteiger charge is -2.23. The van der Waals surface area contributed by atoms with Gasteiger partial charge in [0, 0.05) is 11.6 Å². The van der Waals surface area contributed by atoms with E-state index >= 15 is 0 Å². The Hall–Kier alpha value is -1.26. The number of benzene rings is 1. The van der Waals surface area contributed by atoms with Crippen molar-refractivity contribution in [2.24, 2.45) is 0 Å². The third-order valence-corrected chi connectivity index (χ3v) is 2.80. The molecule has 1 heterocycles. The van der Waals surface area contributed by atoms with Crippen LogP contribution in [0.5, 0.6) is 5.75 Å². The first-order chi connectivity index (χ1) is 7.75. The molecule has 0 atom stereocenters. The number of nitrogens with one attached hydrogen (secondary N) is 2. The molecule has 0 aliphatic carbocycles. The number of amides is 1. The van der Waals surface area contributed by atoms with E-state index in [9.17, 15) is 4.79 Å². The number of carbonyl (C=O) groups excluding carboxylic acids is 1. The van der Waals surface area contributed by atoms with Gasteiger partial charge in [-0.15, -0.1) is 12.4 Å². The first kappa shape index (κ1) is 13.8. The quantitative estimate of drug-likeness (QED) is 0.747. The number of aromatic hydroxyl groups is 1. The van der Waals surface area contributed by atoms with Crippen molar-refractivity contribution >= 4 is 18.3 Å². The number of rotatable bonds is 2. The second-order valence-electron chi connectivity index (χ2n) is 4.04. The Balaban J connectivity index is 0.00000144. The van der Waals surface area contributed by atoms with Crippen LogP contribution in [0, 0.1) is 0 Å². The maximum Gasteiger partial charge on any atom is 0.251 e. The Morgan fingerprint density at radius 2 is 1.82 bits per heavy atom. The Labute approximate surface area is 107 Å². The first-order valence-corrected chi connectivity index (χ1v) is 5.56. The monoisotopic (exact) mass is 256 g/mol. The van der Waals surface area contributed by atoms with Crippen LogP contribution < -0.4 is 10.6 Å². The molecule has 1 aromatic carbocycles. The molecular formula is C12H17ClN2O2. The van der Waals surface area contributed by atoms with E-state index in [0.717, 1.165) is 25.9 Å². The van der Waals surface area contributed by atoms with E-state index in [-0.39, 0.29) is 30.1 Å². The van der Waals surface area contributed by atoms with Gasteiger partial charge in [-0.25, -0.2) is 0 Å². The highest BCUT2D eigenvalue weighted by Gasteiger charge is 2.15. The summed E-state index contributed by atoms with van der Waals surface area (Å²) in [7, 11) is 0. The Morgan fingerprint density at radius 3 is 2.41 bits per heavy atom. The van der Waals surface area contributed by atoms with Crippen molar-refractivity contribution in [1.29, 1.82) is 0 Å². The SMILES string of the molecule is Cl.O=C(NC1CCNCC1)c1ccc(O)cc1. The van der Waals surface area contributed by atoms with Gasteiger partial charge in [0.1, 0.15) is 5.75 Å². The van der Waals surface area contributed by atoms with Gasteiger partial charge in [-0.1, -0.05) is 0 Å². The molecule has 0 aromatic heterocycles. The highest BCUT2D eigenvalue weighted by atomic mass is 35.5. The number of phenolic OH excluding ortho intramolecular Hbond substituents is 1. The zero-order valence-corrected chi connectivity index (χ0v) is 10.3. The third kappa shape index (κ3) is 3.91. The fourth-order valence-electron chi connectivity index (χ4n) is 1.85. The molecule has 1 aliphatic heterocycles. The van der Waals surface area contributed by atoms with Crippen LogP contribution in [0.3, 0.4) is 0 Å². The van der Waals surface area contributed by atoms with Gasteiger partial charge < -0.3 is 15.7 Å². The molecule has 1 amide bonds. The average molecular weight is 257 g/mol. The first-order valence-electron chi connectivity index (χ1n) is 5.56. The van der Waals surface area contributed by atoms with E-state index in [4.69, 9.17) is 5.11 Å². The van der Waals surface area contributed by atoms with E-state index in [1.807, 2.05) is 0 Å². The number of hydrogen-bond acceptors (Lipinski definition) is 3. The van der Waals surface area contributed by atoms with E-state index in [0.29, 0.717) is 5.56 Å². The molecule has 2 rings (SSSR count). The molecule has 1 aliphatic rings. The van der Waals surface area contributed by atoms with Crippen LogP contribution in [0.2, 0.25) is 0 Å². The largest absolute Gasteiger partial charge is 0.508 e. The standard InChI is InChI=1S/C12H16N2O2.ClH/c15-11-3-1-9(2-4-11)12(16)14-10-5-7-13-8-6-10;/h1-4,10,13,15H,5-8H2,(H,14,16);1H. The van der Waals surface area contributed by atoms with E-state index in [1.54, 1.807) is 12.1 Å². The maximum atomic E-state index is 11.8. The molecule has 17 heavy (non-hydrogen) atoms. The summed E-state index contributed by atoms with van der Waals surface area (Å²) in [4.78, 5) is 11.8. The van der Waals surface area contributed by atoms with Crippen LogP contribution >= 0.6 is 12.4 Å². The molecule has 1 saturated heterocycles. The van der Waals surface area contributed by atoms with Gasteiger partial charge >= 0.3 is 0 Å². The van der Waals surface area contributed by atoms with Gasteiger partial charge in [-0.3, -0.25) is 4.79 Å². The zero-order valence-electron chi connectivity index (χ0n) is 9.48. The van der Waals surface area contributed by atoms with Gasteiger partial charge in [0.2, 0.25) is 0 Å². The number of hydrogen-bond donors (Lipinski definition) is 3. The second kappa shape index (κ2) is 6.47. The molecule has 1 aromatic rings. The van der Waals surface area contributed by atoms with Gasteiger partial charge in [0.15, 0.2) is 0 Å². The van der Waals surface area contributed by atoms with Gasteiger partial charge in [0.25, 0.3) is 5.91 Å². The van der Waals surface area contributed by atoms with Crippen LogP contribution in [-0.2, 0) is 0 Å².